The van der Waals surface area contributed by atoms with Crippen molar-refractivity contribution in [1.82, 2.24) is 10.2 Å². The number of carbonyl (C=O) groups excluding carboxylic acids is 2. The highest BCUT2D eigenvalue weighted by molar-refractivity contribution is 6.35. The molecule has 4 rings (SSSR count). The topological polar surface area (TPSA) is 111 Å². The lowest BCUT2D eigenvalue weighted by Gasteiger charge is -2.30. The molecule has 0 saturated heterocycles. The van der Waals surface area contributed by atoms with Gasteiger partial charge in [-0.1, -0.05) is 54.2 Å². The molecule has 1 aliphatic carbocycles. The number of dihydropyridines is 1. The first-order valence-corrected chi connectivity index (χ1v) is 14.2. The summed E-state index contributed by atoms with van der Waals surface area (Å²) in [6.07, 6.45) is 3.06. The summed E-state index contributed by atoms with van der Waals surface area (Å²) in [5, 5.41) is 15.8. The third-order valence-electron chi connectivity index (χ3n) is 7.23. The maximum Gasteiger partial charge on any atom is 0.336 e. The summed E-state index contributed by atoms with van der Waals surface area (Å²) in [5.74, 6) is -1.51. The Balaban J connectivity index is 1.53. The Morgan fingerprint density at radius 2 is 1.68 bits per heavy atom. The SMILES string of the molecule is CC1=C(C(=O)OCCC2CC2)C(c2cccc([N+](=O)[O-])c2)C(C(=O)OCCN(C)Cc2ccc(Cl)cc2Cl)=C(C)N1. The molecule has 1 aliphatic heterocycles. The molecule has 2 aliphatic rings. The number of nitro benzene ring substituents is 1. The molecule has 9 nitrogen and oxygen atoms in total. The Morgan fingerprint density at radius 3 is 2.29 bits per heavy atom. The number of carbonyl (C=O) groups is 2. The van der Waals surface area contributed by atoms with Gasteiger partial charge in [0.15, 0.2) is 0 Å². The first-order chi connectivity index (χ1) is 19.5. The summed E-state index contributed by atoms with van der Waals surface area (Å²) < 4.78 is 11.3. The summed E-state index contributed by atoms with van der Waals surface area (Å²) in [5.41, 5.74) is 2.62. The van der Waals surface area contributed by atoms with Gasteiger partial charge in [-0.3, -0.25) is 15.0 Å². The van der Waals surface area contributed by atoms with Crippen molar-refractivity contribution >= 4 is 40.8 Å². The molecular weight excluding hydrogens is 569 g/mol. The molecule has 1 saturated carbocycles. The molecule has 1 N–H and O–H groups in total. The number of rotatable bonds is 12. The normalized spacial score (nSPS) is 17.0. The van der Waals surface area contributed by atoms with E-state index in [0.717, 1.165) is 24.8 Å². The van der Waals surface area contributed by atoms with Gasteiger partial charge in [-0.15, -0.1) is 0 Å². The molecule has 0 spiro atoms. The molecule has 1 atom stereocenters. The maximum atomic E-state index is 13.5. The summed E-state index contributed by atoms with van der Waals surface area (Å²) in [6, 6.07) is 11.2. The van der Waals surface area contributed by atoms with E-state index in [1.165, 1.54) is 18.2 Å². The van der Waals surface area contributed by atoms with Gasteiger partial charge in [0.1, 0.15) is 6.61 Å². The van der Waals surface area contributed by atoms with Gasteiger partial charge in [0.25, 0.3) is 5.69 Å². The van der Waals surface area contributed by atoms with E-state index >= 15 is 0 Å². The van der Waals surface area contributed by atoms with Crippen LogP contribution in [-0.4, -0.2) is 48.6 Å². The molecule has 0 amide bonds. The lowest BCUT2D eigenvalue weighted by atomic mass is 9.80. The number of halogens is 2. The van der Waals surface area contributed by atoms with Gasteiger partial charge < -0.3 is 14.8 Å². The van der Waals surface area contributed by atoms with Gasteiger partial charge in [0.2, 0.25) is 0 Å². The Morgan fingerprint density at radius 1 is 1.02 bits per heavy atom. The predicted octanol–water partition coefficient (Wildman–Crippen LogP) is 6.15. The van der Waals surface area contributed by atoms with Crippen LogP contribution in [0.5, 0.6) is 0 Å². The van der Waals surface area contributed by atoms with Crippen LogP contribution in [-0.2, 0) is 25.6 Å². The molecule has 218 valence electrons. The van der Waals surface area contributed by atoms with Crippen molar-refractivity contribution in [2.24, 2.45) is 5.92 Å². The van der Waals surface area contributed by atoms with Crippen molar-refractivity contribution in [3.8, 4) is 0 Å². The first kappa shape index (κ1) is 30.6. The standard InChI is InChI=1S/C30H33Cl2N3O6/c1-18-26(29(36)40-13-11-20-7-8-20)28(21-5-4-6-24(15-21)35(38)39)27(19(2)33-18)30(37)41-14-12-34(3)17-22-9-10-23(31)16-25(22)32/h4-6,9-10,15-16,20,28,33H,7-8,11-14,17H2,1-3H3. The smallest absolute Gasteiger partial charge is 0.336 e. The fraction of sp³-hybridized carbons (Fsp3) is 0.400. The monoisotopic (exact) mass is 601 g/mol. The molecule has 1 fully saturated rings. The van der Waals surface area contributed by atoms with Crippen LogP contribution in [0.15, 0.2) is 65.0 Å². The number of ether oxygens (including phenoxy) is 2. The largest absolute Gasteiger partial charge is 0.462 e. The van der Waals surface area contributed by atoms with Gasteiger partial charge in [-0.25, -0.2) is 9.59 Å². The fourth-order valence-corrected chi connectivity index (χ4v) is 5.35. The van der Waals surface area contributed by atoms with E-state index < -0.39 is 22.8 Å². The average molecular weight is 603 g/mol. The number of hydrogen-bond donors (Lipinski definition) is 1. The van der Waals surface area contributed by atoms with Crippen molar-refractivity contribution < 1.29 is 24.0 Å². The minimum Gasteiger partial charge on any atom is -0.462 e. The van der Waals surface area contributed by atoms with Crippen LogP contribution in [0.4, 0.5) is 5.69 Å². The van der Waals surface area contributed by atoms with E-state index in [0.29, 0.717) is 46.0 Å². The highest BCUT2D eigenvalue weighted by atomic mass is 35.5. The average Bonchev–Trinajstić information content (AvgIpc) is 3.74. The third kappa shape index (κ3) is 7.87. The van der Waals surface area contributed by atoms with E-state index in [1.54, 1.807) is 32.0 Å². The minimum absolute atomic E-state index is 0.0723. The van der Waals surface area contributed by atoms with E-state index in [2.05, 4.69) is 5.32 Å². The summed E-state index contributed by atoms with van der Waals surface area (Å²) in [7, 11) is 1.87. The molecule has 0 aromatic heterocycles. The highest BCUT2D eigenvalue weighted by Gasteiger charge is 2.38. The number of nitrogens with one attached hydrogen (secondary N) is 1. The Bertz CT molecular complexity index is 1400. The van der Waals surface area contributed by atoms with Gasteiger partial charge in [0, 0.05) is 46.7 Å². The maximum absolute atomic E-state index is 13.5. The zero-order valence-electron chi connectivity index (χ0n) is 23.2. The molecule has 1 heterocycles. The zero-order valence-corrected chi connectivity index (χ0v) is 24.8. The Labute approximate surface area is 249 Å². The quantitative estimate of drug-likeness (QED) is 0.175. The zero-order chi connectivity index (χ0) is 29.7. The minimum atomic E-state index is -0.900. The second kappa shape index (κ2) is 13.5. The number of likely N-dealkylation sites (N-methyl/N-ethyl adjacent to an activating group) is 1. The van der Waals surface area contributed by atoms with Crippen molar-refractivity contribution in [2.75, 3.05) is 26.8 Å². The predicted molar refractivity (Wildman–Crippen MR) is 156 cm³/mol. The number of hydrogen-bond acceptors (Lipinski definition) is 8. The Hall–Kier alpha value is -3.40. The molecule has 1 unspecified atom stereocenters. The molecule has 0 radical (unpaired) electrons. The molecule has 2 aromatic carbocycles. The first-order valence-electron chi connectivity index (χ1n) is 13.4. The second-order valence-electron chi connectivity index (χ2n) is 10.5. The second-order valence-corrected chi connectivity index (χ2v) is 11.3. The van der Waals surface area contributed by atoms with Crippen molar-refractivity contribution in [1.29, 1.82) is 0 Å². The Kier molecular flexibility index (Phi) is 10.1. The third-order valence-corrected chi connectivity index (χ3v) is 7.82. The summed E-state index contributed by atoms with van der Waals surface area (Å²) in [6.45, 7) is 4.72. The lowest BCUT2D eigenvalue weighted by Crippen LogP contribution is -2.33. The van der Waals surface area contributed by atoms with Crippen LogP contribution in [0.1, 0.15) is 50.2 Å². The number of benzene rings is 2. The van der Waals surface area contributed by atoms with Gasteiger partial charge >= 0.3 is 11.9 Å². The van der Waals surface area contributed by atoms with E-state index in [9.17, 15) is 19.7 Å². The molecule has 41 heavy (non-hydrogen) atoms. The van der Waals surface area contributed by atoms with Crippen LogP contribution in [0.25, 0.3) is 0 Å². The van der Waals surface area contributed by atoms with Crippen LogP contribution >= 0.6 is 23.2 Å². The van der Waals surface area contributed by atoms with Crippen molar-refractivity contribution in [2.45, 2.75) is 45.6 Å². The van der Waals surface area contributed by atoms with Gasteiger partial charge in [0.05, 0.1) is 28.6 Å². The van der Waals surface area contributed by atoms with Crippen molar-refractivity contribution in [3.05, 3.63) is 96.3 Å². The molecule has 2 aromatic rings. The number of nitrogens with zero attached hydrogens (tertiary/aromatic N) is 2. The van der Waals surface area contributed by atoms with Crippen LogP contribution < -0.4 is 5.32 Å². The number of nitro groups is 1. The van der Waals surface area contributed by atoms with Crippen LogP contribution in [0.3, 0.4) is 0 Å². The number of non-ortho nitro benzene ring substituents is 1. The lowest BCUT2D eigenvalue weighted by molar-refractivity contribution is -0.384. The van der Waals surface area contributed by atoms with Crippen molar-refractivity contribution in [3.63, 3.8) is 0 Å². The molecule has 0 bridgehead atoms. The summed E-state index contributed by atoms with van der Waals surface area (Å²) >= 11 is 12.3. The number of esters is 2. The van der Waals surface area contributed by atoms with Crippen LogP contribution in [0, 0.1) is 16.0 Å². The summed E-state index contributed by atoms with van der Waals surface area (Å²) in [4.78, 5) is 39.9. The van der Waals surface area contributed by atoms with Crippen LogP contribution in [0.2, 0.25) is 10.0 Å². The van der Waals surface area contributed by atoms with E-state index in [1.807, 2.05) is 18.0 Å². The van der Waals surface area contributed by atoms with E-state index in [4.69, 9.17) is 32.7 Å². The molecular formula is C30H33Cl2N3O6. The van der Waals surface area contributed by atoms with Gasteiger partial charge in [-0.05, 0) is 56.5 Å². The van der Waals surface area contributed by atoms with E-state index in [-0.39, 0.29) is 30.0 Å². The number of allylic oxidation sites excluding steroid dienone is 2. The highest BCUT2D eigenvalue weighted by Crippen LogP contribution is 2.40. The van der Waals surface area contributed by atoms with Gasteiger partial charge in [-0.2, -0.15) is 0 Å². The molecule has 11 heteroatoms. The fourth-order valence-electron chi connectivity index (χ4n) is 4.88.